The second-order valence-corrected chi connectivity index (χ2v) is 5.98. The summed E-state index contributed by atoms with van der Waals surface area (Å²) in [5, 5.41) is 2.82. The Balaban J connectivity index is 1.58. The summed E-state index contributed by atoms with van der Waals surface area (Å²) in [6.45, 7) is 3.21. The average molecular weight is 318 g/mol. The molecule has 2 fully saturated rings. The van der Waals surface area contributed by atoms with E-state index >= 15 is 0 Å². The van der Waals surface area contributed by atoms with Gasteiger partial charge in [-0.3, -0.25) is 9.59 Å². The zero-order valence-electron chi connectivity index (χ0n) is 13.2. The van der Waals surface area contributed by atoms with E-state index in [0.717, 1.165) is 12.1 Å². The molecule has 2 atom stereocenters. The number of rotatable bonds is 4. The lowest BCUT2D eigenvalue weighted by Gasteiger charge is -2.23. The molecule has 0 aromatic heterocycles. The number of nitrogens with zero attached hydrogens (tertiary/aromatic N) is 1. The first-order chi connectivity index (χ1) is 11.1. The van der Waals surface area contributed by atoms with Crippen LogP contribution < -0.4 is 10.2 Å². The normalized spacial score (nSPS) is 25.6. The van der Waals surface area contributed by atoms with Gasteiger partial charge in [0, 0.05) is 11.7 Å². The smallest absolute Gasteiger partial charge is 0.249 e. The third-order valence-corrected chi connectivity index (χ3v) is 4.17. The highest BCUT2D eigenvalue weighted by molar-refractivity contribution is 6.02. The van der Waals surface area contributed by atoms with Gasteiger partial charge in [-0.25, -0.2) is 0 Å². The van der Waals surface area contributed by atoms with Crippen LogP contribution in [0.25, 0.3) is 0 Å². The summed E-state index contributed by atoms with van der Waals surface area (Å²) in [7, 11) is 0. The van der Waals surface area contributed by atoms with Crippen molar-refractivity contribution in [3.05, 3.63) is 30.3 Å². The third kappa shape index (κ3) is 3.71. The number of hydrogen-bond donors (Lipinski definition) is 1. The van der Waals surface area contributed by atoms with Crippen LogP contribution in [0.4, 0.5) is 5.69 Å². The minimum absolute atomic E-state index is 0.0531. The number of para-hydroxylation sites is 1. The van der Waals surface area contributed by atoms with Crippen molar-refractivity contribution in [2.24, 2.45) is 0 Å². The molecule has 1 N–H and O–H groups in total. The van der Waals surface area contributed by atoms with Crippen LogP contribution in [0.3, 0.4) is 0 Å². The first-order valence-electron chi connectivity index (χ1n) is 8.06. The maximum atomic E-state index is 12.6. The van der Waals surface area contributed by atoms with Gasteiger partial charge >= 0.3 is 0 Å². The minimum Gasteiger partial charge on any atom is -0.352 e. The fraction of sp³-hybridized carbons (Fsp3) is 0.529. The van der Waals surface area contributed by atoms with Crippen molar-refractivity contribution in [1.29, 1.82) is 0 Å². The van der Waals surface area contributed by atoms with E-state index in [1.807, 2.05) is 37.3 Å². The average Bonchev–Trinajstić information content (AvgIpc) is 2.83. The lowest BCUT2D eigenvalue weighted by Crippen LogP contribution is -2.43. The Hall–Kier alpha value is -1.92. The van der Waals surface area contributed by atoms with Gasteiger partial charge in [-0.1, -0.05) is 18.2 Å². The Morgan fingerprint density at radius 2 is 1.96 bits per heavy atom. The maximum absolute atomic E-state index is 12.6. The second kappa shape index (κ2) is 7.10. The zero-order valence-corrected chi connectivity index (χ0v) is 13.2. The highest BCUT2D eigenvalue weighted by atomic mass is 16.7. The molecular weight excluding hydrogens is 296 g/mol. The predicted octanol–water partition coefficient (Wildman–Crippen LogP) is 1.45. The first-order valence-corrected chi connectivity index (χ1v) is 8.06. The van der Waals surface area contributed by atoms with Crippen LogP contribution in [0.5, 0.6) is 0 Å². The van der Waals surface area contributed by atoms with E-state index in [2.05, 4.69) is 5.32 Å². The molecule has 2 aliphatic rings. The van der Waals surface area contributed by atoms with Crippen LogP contribution in [0, 0.1) is 0 Å². The van der Waals surface area contributed by atoms with E-state index < -0.39 is 12.3 Å². The first kappa shape index (κ1) is 16.0. The SMILES string of the molecule is C[C@H]1C[C@H](NC(=O)CC2OCCCO2)C(=O)N1c1ccccc1. The standard InChI is InChI=1S/C17H22N2O4/c1-12-10-14(17(21)19(12)13-6-3-2-4-7-13)18-15(20)11-16-22-8-5-9-23-16/h2-4,6-7,12,14,16H,5,8-11H2,1H3,(H,18,20)/t12-,14-/m0/s1. The molecule has 0 radical (unpaired) electrons. The topological polar surface area (TPSA) is 67.9 Å². The summed E-state index contributed by atoms with van der Waals surface area (Å²) in [5.74, 6) is -0.278. The van der Waals surface area contributed by atoms with Gasteiger partial charge < -0.3 is 19.7 Å². The fourth-order valence-corrected chi connectivity index (χ4v) is 3.08. The van der Waals surface area contributed by atoms with Gasteiger partial charge in [0.15, 0.2) is 6.29 Å². The highest BCUT2D eigenvalue weighted by Crippen LogP contribution is 2.26. The summed E-state index contributed by atoms with van der Waals surface area (Å²) < 4.78 is 10.7. The molecule has 2 heterocycles. The second-order valence-electron chi connectivity index (χ2n) is 5.98. The Morgan fingerprint density at radius 3 is 2.65 bits per heavy atom. The molecule has 0 bridgehead atoms. The molecule has 2 amide bonds. The van der Waals surface area contributed by atoms with Gasteiger partial charge in [-0.05, 0) is 31.9 Å². The van der Waals surface area contributed by atoms with Crippen molar-refractivity contribution in [3.8, 4) is 0 Å². The molecule has 6 nitrogen and oxygen atoms in total. The van der Waals surface area contributed by atoms with Crippen molar-refractivity contribution in [3.63, 3.8) is 0 Å². The van der Waals surface area contributed by atoms with E-state index in [4.69, 9.17) is 9.47 Å². The number of anilines is 1. The highest BCUT2D eigenvalue weighted by Gasteiger charge is 2.39. The van der Waals surface area contributed by atoms with Crippen molar-refractivity contribution >= 4 is 17.5 Å². The number of carbonyl (C=O) groups is 2. The Bertz CT molecular complexity index is 557. The number of benzene rings is 1. The number of carbonyl (C=O) groups excluding carboxylic acids is 2. The maximum Gasteiger partial charge on any atom is 0.249 e. The van der Waals surface area contributed by atoms with Gasteiger partial charge in [-0.15, -0.1) is 0 Å². The van der Waals surface area contributed by atoms with E-state index in [1.54, 1.807) is 4.90 Å². The van der Waals surface area contributed by atoms with E-state index in [9.17, 15) is 9.59 Å². The monoisotopic (exact) mass is 318 g/mol. The summed E-state index contributed by atoms with van der Waals surface area (Å²) >= 11 is 0. The summed E-state index contributed by atoms with van der Waals surface area (Å²) in [6.07, 6.45) is 1.08. The molecule has 0 spiro atoms. The Labute approximate surface area is 135 Å². The fourth-order valence-electron chi connectivity index (χ4n) is 3.08. The van der Waals surface area contributed by atoms with Gasteiger partial charge in [0.2, 0.25) is 11.8 Å². The van der Waals surface area contributed by atoms with Crippen LogP contribution in [0.1, 0.15) is 26.2 Å². The molecule has 0 unspecified atom stereocenters. The van der Waals surface area contributed by atoms with Crippen molar-refractivity contribution < 1.29 is 19.1 Å². The Kier molecular flexibility index (Phi) is 4.93. The zero-order chi connectivity index (χ0) is 16.2. The minimum atomic E-state index is -0.497. The number of amides is 2. The van der Waals surface area contributed by atoms with Crippen LogP contribution >= 0.6 is 0 Å². The molecule has 23 heavy (non-hydrogen) atoms. The molecular formula is C17H22N2O4. The van der Waals surface area contributed by atoms with Crippen LogP contribution in [-0.4, -0.2) is 43.4 Å². The third-order valence-electron chi connectivity index (χ3n) is 4.17. The largest absolute Gasteiger partial charge is 0.352 e. The van der Waals surface area contributed by atoms with Crippen LogP contribution in [0.2, 0.25) is 0 Å². The molecule has 0 saturated carbocycles. The van der Waals surface area contributed by atoms with Gasteiger partial charge in [-0.2, -0.15) is 0 Å². The van der Waals surface area contributed by atoms with Crippen molar-refractivity contribution in [2.75, 3.05) is 18.1 Å². The van der Waals surface area contributed by atoms with Gasteiger partial charge in [0.1, 0.15) is 6.04 Å². The van der Waals surface area contributed by atoms with Crippen LogP contribution in [0.15, 0.2) is 30.3 Å². The lowest BCUT2D eigenvalue weighted by molar-refractivity contribution is -0.184. The molecule has 2 aliphatic heterocycles. The summed E-state index contributed by atoms with van der Waals surface area (Å²) in [4.78, 5) is 26.5. The summed E-state index contributed by atoms with van der Waals surface area (Å²) in [6, 6.07) is 9.10. The number of hydrogen-bond acceptors (Lipinski definition) is 4. The van der Waals surface area contributed by atoms with Crippen LogP contribution in [-0.2, 0) is 19.1 Å². The molecule has 1 aromatic carbocycles. The molecule has 1 aromatic rings. The number of nitrogens with one attached hydrogen (secondary N) is 1. The molecule has 2 saturated heterocycles. The molecule has 124 valence electrons. The molecule has 6 heteroatoms. The van der Waals surface area contributed by atoms with Gasteiger partial charge in [0.25, 0.3) is 0 Å². The lowest BCUT2D eigenvalue weighted by atomic mass is 10.2. The number of ether oxygens (including phenoxy) is 2. The summed E-state index contributed by atoms with van der Waals surface area (Å²) in [5.41, 5.74) is 0.862. The predicted molar refractivity (Wildman–Crippen MR) is 84.9 cm³/mol. The Morgan fingerprint density at radius 1 is 1.26 bits per heavy atom. The quantitative estimate of drug-likeness (QED) is 0.912. The van der Waals surface area contributed by atoms with E-state index in [0.29, 0.717) is 19.6 Å². The van der Waals surface area contributed by atoms with Crippen molar-refractivity contribution in [1.82, 2.24) is 5.32 Å². The molecule has 3 rings (SSSR count). The van der Waals surface area contributed by atoms with E-state index in [-0.39, 0.29) is 24.3 Å². The van der Waals surface area contributed by atoms with Crippen molar-refractivity contribution in [2.45, 2.75) is 44.6 Å². The molecule has 0 aliphatic carbocycles. The van der Waals surface area contributed by atoms with Gasteiger partial charge in [0.05, 0.1) is 19.6 Å². The van der Waals surface area contributed by atoms with E-state index in [1.165, 1.54) is 0 Å².